The summed E-state index contributed by atoms with van der Waals surface area (Å²) in [6.07, 6.45) is 3.11. The van der Waals surface area contributed by atoms with E-state index in [4.69, 9.17) is 4.98 Å². The van der Waals surface area contributed by atoms with Gasteiger partial charge in [0, 0.05) is 23.4 Å². The van der Waals surface area contributed by atoms with E-state index in [0.29, 0.717) is 10.9 Å². The van der Waals surface area contributed by atoms with Crippen molar-refractivity contribution in [2.75, 3.05) is 12.3 Å². The van der Waals surface area contributed by atoms with Crippen LogP contribution < -0.4 is 0 Å². The number of hydrogen-bond acceptors (Lipinski definition) is 6. The molecule has 0 radical (unpaired) electrons. The normalized spacial score (nSPS) is 16.7. The molecule has 0 spiro atoms. The molecule has 0 N–H and O–H groups in total. The maximum atomic E-state index is 12.9. The summed E-state index contributed by atoms with van der Waals surface area (Å²) in [5.41, 5.74) is 2.80. The van der Waals surface area contributed by atoms with Crippen molar-refractivity contribution in [3.05, 3.63) is 46.7 Å². The Labute approximate surface area is 183 Å². The quantitative estimate of drug-likeness (QED) is 0.401. The minimum absolute atomic E-state index is 0.147. The molecule has 1 aliphatic heterocycles. The van der Waals surface area contributed by atoms with Crippen LogP contribution in [0.2, 0.25) is 0 Å². The van der Waals surface area contributed by atoms with Crippen LogP contribution in [0.25, 0.3) is 22.1 Å². The van der Waals surface area contributed by atoms with Gasteiger partial charge in [0.15, 0.2) is 5.65 Å². The van der Waals surface area contributed by atoms with E-state index in [1.54, 1.807) is 11.3 Å². The summed E-state index contributed by atoms with van der Waals surface area (Å²) in [4.78, 5) is 21.0. The van der Waals surface area contributed by atoms with Gasteiger partial charge in [0.25, 0.3) is 0 Å². The van der Waals surface area contributed by atoms with Gasteiger partial charge in [0.05, 0.1) is 17.3 Å². The number of aromatic nitrogens is 4. The number of carbonyl (C=O) groups is 1. The first-order valence-electron chi connectivity index (χ1n) is 10.3. The molecular weight excluding hydrogens is 414 g/mol. The largest absolute Gasteiger partial charge is 0.334 e. The molecule has 1 atom stereocenters. The Morgan fingerprint density at radius 1 is 1.23 bits per heavy atom. The molecule has 1 fully saturated rings. The predicted octanol–water partition coefficient (Wildman–Crippen LogP) is 4.91. The number of benzene rings is 1. The van der Waals surface area contributed by atoms with Crippen molar-refractivity contribution in [2.45, 2.75) is 43.9 Å². The van der Waals surface area contributed by atoms with Gasteiger partial charge in [-0.3, -0.25) is 4.79 Å². The smallest absolute Gasteiger partial charge is 0.233 e. The average Bonchev–Trinajstić information content (AvgIpc) is 3.52. The topological polar surface area (TPSA) is 63.9 Å². The maximum Gasteiger partial charge on any atom is 0.233 e. The molecule has 1 aromatic carbocycles. The van der Waals surface area contributed by atoms with E-state index in [9.17, 15) is 4.79 Å². The predicted molar refractivity (Wildman–Crippen MR) is 122 cm³/mol. The molecule has 0 aliphatic carbocycles. The van der Waals surface area contributed by atoms with E-state index in [1.807, 2.05) is 17.0 Å². The van der Waals surface area contributed by atoms with Crippen molar-refractivity contribution < 1.29 is 4.79 Å². The number of nitrogens with zero attached hydrogens (tertiary/aromatic N) is 5. The molecule has 1 aliphatic rings. The molecule has 4 aromatic rings. The highest BCUT2D eigenvalue weighted by molar-refractivity contribution is 7.99. The molecule has 1 saturated heterocycles. The van der Waals surface area contributed by atoms with Crippen LogP contribution in [0.4, 0.5) is 0 Å². The second-order valence-corrected chi connectivity index (χ2v) is 9.41. The number of carbonyl (C=O) groups excluding carboxylic acids is 1. The zero-order chi connectivity index (χ0) is 20.5. The summed E-state index contributed by atoms with van der Waals surface area (Å²) < 4.78 is 2.21. The van der Waals surface area contributed by atoms with Crippen LogP contribution in [0.15, 0.2) is 46.9 Å². The van der Waals surface area contributed by atoms with E-state index in [1.165, 1.54) is 16.6 Å². The van der Waals surface area contributed by atoms with Crippen molar-refractivity contribution >= 4 is 51.1 Å². The summed E-state index contributed by atoms with van der Waals surface area (Å²) in [6.45, 7) is 3.86. The van der Waals surface area contributed by atoms with Crippen LogP contribution >= 0.6 is 23.1 Å². The van der Waals surface area contributed by atoms with Gasteiger partial charge in [-0.2, -0.15) is 0 Å². The van der Waals surface area contributed by atoms with Crippen LogP contribution in [0.1, 0.15) is 37.1 Å². The van der Waals surface area contributed by atoms with Gasteiger partial charge in [-0.15, -0.1) is 21.5 Å². The van der Waals surface area contributed by atoms with Gasteiger partial charge >= 0.3 is 0 Å². The van der Waals surface area contributed by atoms with Crippen LogP contribution in [0.3, 0.4) is 0 Å². The molecule has 0 saturated carbocycles. The Morgan fingerprint density at radius 3 is 2.97 bits per heavy atom. The lowest BCUT2D eigenvalue weighted by Gasteiger charge is -2.23. The van der Waals surface area contributed by atoms with E-state index in [0.717, 1.165) is 54.4 Å². The molecule has 5 rings (SSSR count). The molecule has 154 valence electrons. The van der Waals surface area contributed by atoms with Gasteiger partial charge < -0.3 is 9.47 Å². The van der Waals surface area contributed by atoms with E-state index in [-0.39, 0.29) is 11.9 Å². The summed E-state index contributed by atoms with van der Waals surface area (Å²) in [5.74, 6) is 0.483. The standard InChI is InChI=1S/C22H23N5OS2/c1-2-11-27-16-8-4-3-7-15(16)20-21(27)23-22(25-24-20)30-14-19(28)26-12-5-9-17(26)18-10-6-13-29-18/h3-4,6-8,10,13,17H,2,5,9,11-12,14H2,1H3. The number of hydrogen-bond donors (Lipinski definition) is 0. The fraction of sp³-hybridized carbons (Fsp3) is 0.364. The number of amides is 1. The molecule has 8 heteroatoms. The second-order valence-electron chi connectivity index (χ2n) is 7.48. The zero-order valence-electron chi connectivity index (χ0n) is 16.8. The van der Waals surface area contributed by atoms with E-state index < -0.39 is 0 Å². The minimum Gasteiger partial charge on any atom is -0.334 e. The highest BCUT2D eigenvalue weighted by Crippen LogP contribution is 2.35. The first kappa shape index (κ1) is 19.5. The third kappa shape index (κ3) is 3.48. The van der Waals surface area contributed by atoms with Crippen molar-refractivity contribution in [2.24, 2.45) is 0 Å². The van der Waals surface area contributed by atoms with Crippen LogP contribution in [0, 0.1) is 0 Å². The van der Waals surface area contributed by atoms with Crippen LogP contribution in [-0.4, -0.2) is 42.9 Å². The zero-order valence-corrected chi connectivity index (χ0v) is 18.5. The van der Waals surface area contributed by atoms with Crippen LogP contribution in [0.5, 0.6) is 0 Å². The molecule has 1 amide bonds. The number of thioether (sulfide) groups is 1. The highest BCUT2D eigenvalue weighted by atomic mass is 32.2. The van der Waals surface area contributed by atoms with Crippen molar-refractivity contribution in [1.29, 1.82) is 0 Å². The van der Waals surface area contributed by atoms with Crippen molar-refractivity contribution in [3.63, 3.8) is 0 Å². The van der Waals surface area contributed by atoms with Crippen molar-refractivity contribution in [3.8, 4) is 0 Å². The third-order valence-corrected chi connectivity index (χ3v) is 7.37. The number of para-hydroxylation sites is 1. The number of rotatable bonds is 6. The molecule has 1 unspecified atom stereocenters. The minimum atomic E-state index is 0.147. The van der Waals surface area contributed by atoms with E-state index >= 15 is 0 Å². The molecule has 6 nitrogen and oxygen atoms in total. The Morgan fingerprint density at radius 2 is 2.13 bits per heavy atom. The van der Waals surface area contributed by atoms with Crippen LogP contribution in [-0.2, 0) is 11.3 Å². The molecule has 3 aromatic heterocycles. The lowest BCUT2D eigenvalue weighted by atomic mass is 10.2. The lowest BCUT2D eigenvalue weighted by Crippen LogP contribution is -2.31. The fourth-order valence-corrected chi connectivity index (χ4v) is 5.79. The summed E-state index contributed by atoms with van der Waals surface area (Å²) >= 11 is 3.11. The number of aryl methyl sites for hydroxylation is 1. The Balaban J connectivity index is 1.37. The second kappa shape index (κ2) is 8.35. The highest BCUT2D eigenvalue weighted by Gasteiger charge is 2.30. The SMILES string of the molecule is CCCn1c2ccccc2c2nnc(SCC(=O)N3CCCC3c3cccs3)nc21. The first-order chi connectivity index (χ1) is 14.8. The Kier molecular flexibility index (Phi) is 5.43. The fourth-order valence-electron chi connectivity index (χ4n) is 4.25. The van der Waals surface area contributed by atoms with E-state index in [2.05, 4.69) is 51.3 Å². The molecular formula is C22H23N5OS2. The summed E-state index contributed by atoms with van der Waals surface area (Å²) in [7, 11) is 0. The van der Waals surface area contributed by atoms with Gasteiger partial charge in [-0.1, -0.05) is 43.0 Å². The average molecular weight is 438 g/mol. The molecule has 4 heterocycles. The molecule has 0 bridgehead atoms. The summed E-state index contributed by atoms with van der Waals surface area (Å²) in [6, 6.07) is 12.6. The lowest BCUT2D eigenvalue weighted by molar-refractivity contribution is -0.129. The number of fused-ring (bicyclic) bond motifs is 3. The van der Waals surface area contributed by atoms with Gasteiger partial charge in [0.2, 0.25) is 11.1 Å². The van der Waals surface area contributed by atoms with Gasteiger partial charge in [0.1, 0.15) is 5.52 Å². The van der Waals surface area contributed by atoms with Gasteiger partial charge in [-0.05, 0) is 36.8 Å². The van der Waals surface area contributed by atoms with Gasteiger partial charge in [-0.25, -0.2) is 4.98 Å². The maximum absolute atomic E-state index is 12.9. The summed E-state index contributed by atoms with van der Waals surface area (Å²) in [5, 5.41) is 12.5. The third-order valence-electron chi connectivity index (χ3n) is 5.57. The number of thiophene rings is 1. The Bertz CT molecular complexity index is 1190. The Hall–Kier alpha value is -2.45. The van der Waals surface area contributed by atoms with Crippen molar-refractivity contribution in [1.82, 2.24) is 24.6 Å². The monoisotopic (exact) mass is 437 g/mol. The first-order valence-corrected chi connectivity index (χ1v) is 12.2. The number of likely N-dealkylation sites (tertiary alicyclic amines) is 1. The molecule has 30 heavy (non-hydrogen) atoms.